The van der Waals surface area contributed by atoms with Gasteiger partial charge in [-0.2, -0.15) is 5.10 Å². The van der Waals surface area contributed by atoms with Crippen molar-refractivity contribution in [3.63, 3.8) is 0 Å². The Labute approximate surface area is 191 Å². The van der Waals surface area contributed by atoms with E-state index < -0.39 is 0 Å². The van der Waals surface area contributed by atoms with Gasteiger partial charge in [0.15, 0.2) is 6.61 Å². The van der Waals surface area contributed by atoms with E-state index in [1.54, 1.807) is 11.0 Å². The van der Waals surface area contributed by atoms with Crippen LogP contribution in [0.5, 0.6) is 5.75 Å². The summed E-state index contributed by atoms with van der Waals surface area (Å²) in [4.78, 5) is 20.5. The van der Waals surface area contributed by atoms with E-state index in [0.717, 1.165) is 40.4 Å². The highest BCUT2D eigenvalue weighted by atomic mass is 16.5. The number of amides is 1. The topological polar surface area (TPSA) is 98.9 Å². The van der Waals surface area contributed by atoms with Crippen LogP contribution >= 0.6 is 0 Å². The number of hydrogen-bond acceptors (Lipinski definition) is 6. The molecular weight excluding hydrogens is 418 g/mol. The maximum absolute atomic E-state index is 11.6. The Morgan fingerprint density at radius 1 is 1.12 bits per heavy atom. The van der Waals surface area contributed by atoms with E-state index in [1.807, 2.05) is 43.2 Å². The maximum atomic E-state index is 11.6. The molecule has 4 aromatic rings. The van der Waals surface area contributed by atoms with Gasteiger partial charge in [0, 0.05) is 31.8 Å². The van der Waals surface area contributed by atoms with Crippen molar-refractivity contribution in [3.05, 3.63) is 66.0 Å². The molecule has 0 atom stereocenters. The number of fused-ring (bicyclic) bond motifs is 1. The van der Waals surface area contributed by atoms with Crippen LogP contribution in [0.2, 0.25) is 0 Å². The van der Waals surface area contributed by atoms with Crippen molar-refractivity contribution < 1.29 is 9.53 Å². The predicted octanol–water partition coefficient (Wildman–Crippen LogP) is 2.81. The number of nitrogens with zero attached hydrogens (tertiary/aromatic N) is 5. The second-order valence-corrected chi connectivity index (χ2v) is 8.15. The molecule has 33 heavy (non-hydrogen) atoms. The summed E-state index contributed by atoms with van der Waals surface area (Å²) < 4.78 is 9.39. The van der Waals surface area contributed by atoms with Crippen molar-refractivity contribution in [1.82, 2.24) is 29.6 Å². The van der Waals surface area contributed by atoms with E-state index in [0.29, 0.717) is 18.0 Å². The van der Waals surface area contributed by atoms with Crippen LogP contribution in [0.4, 0.5) is 5.69 Å². The fraction of sp³-hybridized carbons (Fsp3) is 0.250. The first kappa shape index (κ1) is 20.9. The van der Waals surface area contributed by atoms with Crippen molar-refractivity contribution in [2.45, 2.75) is 20.0 Å². The number of benzene rings is 2. The van der Waals surface area contributed by atoms with Crippen LogP contribution in [-0.2, 0) is 32.0 Å². The number of carbonyl (C=O) groups is 1. The summed E-state index contributed by atoms with van der Waals surface area (Å²) >= 11 is 0. The lowest BCUT2D eigenvalue weighted by molar-refractivity contribution is -0.118. The number of rotatable bonds is 6. The summed E-state index contributed by atoms with van der Waals surface area (Å²) in [7, 11) is 3.87. The zero-order chi connectivity index (χ0) is 22.9. The van der Waals surface area contributed by atoms with E-state index in [1.165, 1.54) is 5.56 Å². The molecule has 0 bridgehead atoms. The van der Waals surface area contributed by atoms with Gasteiger partial charge in [0.2, 0.25) is 0 Å². The Morgan fingerprint density at radius 3 is 2.79 bits per heavy atom. The molecule has 3 heterocycles. The summed E-state index contributed by atoms with van der Waals surface area (Å²) in [5.41, 5.74) is 6.99. The molecule has 0 saturated carbocycles. The summed E-state index contributed by atoms with van der Waals surface area (Å²) in [6.07, 6.45) is 3.38. The molecule has 0 fully saturated rings. The molecule has 0 radical (unpaired) electrons. The Morgan fingerprint density at radius 2 is 2.00 bits per heavy atom. The minimum Gasteiger partial charge on any atom is -0.482 e. The predicted molar refractivity (Wildman–Crippen MR) is 124 cm³/mol. The molecule has 0 saturated heterocycles. The van der Waals surface area contributed by atoms with Crippen molar-refractivity contribution >= 4 is 11.6 Å². The van der Waals surface area contributed by atoms with Crippen molar-refractivity contribution in [3.8, 4) is 28.3 Å². The minimum atomic E-state index is -0.140. The van der Waals surface area contributed by atoms with Crippen molar-refractivity contribution in [2.75, 3.05) is 11.9 Å². The highest BCUT2D eigenvalue weighted by Crippen LogP contribution is 2.37. The second kappa shape index (κ2) is 8.51. The van der Waals surface area contributed by atoms with Gasteiger partial charge < -0.3 is 19.9 Å². The highest BCUT2D eigenvalue weighted by molar-refractivity contribution is 5.96. The zero-order valence-corrected chi connectivity index (χ0v) is 18.8. The lowest BCUT2D eigenvalue weighted by Gasteiger charge is -2.19. The molecule has 168 valence electrons. The third-order valence-electron chi connectivity index (χ3n) is 5.79. The summed E-state index contributed by atoms with van der Waals surface area (Å²) in [6.45, 7) is 3.52. The van der Waals surface area contributed by atoms with Gasteiger partial charge in [-0.25, -0.2) is 9.97 Å². The van der Waals surface area contributed by atoms with Crippen LogP contribution in [0.15, 0.2) is 49.1 Å². The molecule has 1 amide bonds. The van der Waals surface area contributed by atoms with Gasteiger partial charge in [-0.15, -0.1) is 0 Å². The fourth-order valence-corrected chi connectivity index (χ4v) is 4.09. The minimum absolute atomic E-state index is 0.0277. The second-order valence-electron chi connectivity index (χ2n) is 8.15. The first-order chi connectivity index (χ1) is 16.0. The highest BCUT2D eigenvalue weighted by Gasteiger charge is 2.20. The third-order valence-corrected chi connectivity index (χ3v) is 5.79. The van der Waals surface area contributed by atoms with Gasteiger partial charge in [0.05, 0.1) is 29.9 Å². The molecule has 1 aliphatic rings. The van der Waals surface area contributed by atoms with Crippen LogP contribution in [-0.4, -0.2) is 36.8 Å². The molecule has 9 heteroatoms. The summed E-state index contributed by atoms with van der Waals surface area (Å²) in [5, 5.41) is 10.3. The van der Waals surface area contributed by atoms with Crippen molar-refractivity contribution in [1.29, 1.82) is 0 Å². The molecule has 0 spiro atoms. The molecule has 1 aliphatic heterocycles. The average Bonchev–Trinajstić information content (AvgIpc) is 3.39. The molecule has 5 rings (SSSR count). The fourth-order valence-electron chi connectivity index (χ4n) is 4.09. The first-order valence-corrected chi connectivity index (χ1v) is 10.7. The van der Waals surface area contributed by atoms with Crippen LogP contribution in [0.25, 0.3) is 22.5 Å². The Hall–Kier alpha value is -3.98. The lowest BCUT2D eigenvalue weighted by atomic mass is 9.98. The number of aromatic nitrogens is 5. The summed E-state index contributed by atoms with van der Waals surface area (Å²) in [6, 6.07) is 12.2. The number of aryl methyl sites for hydroxylation is 3. The van der Waals surface area contributed by atoms with Gasteiger partial charge in [-0.1, -0.05) is 24.3 Å². The molecule has 9 nitrogen and oxygen atoms in total. The van der Waals surface area contributed by atoms with Gasteiger partial charge >= 0.3 is 0 Å². The van der Waals surface area contributed by atoms with Crippen LogP contribution in [0, 0.1) is 6.92 Å². The lowest BCUT2D eigenvalue weighted by Crippen LogP contribution is -2.25. The molecule has 0 unspecified atom stereocenters. The molecule has 2 aromatic carbocycles. The average molecular weight is 444 g/mol. The van der Waals surface area contributed by atoms with E-state index in [9.17, 15) is 4.79 Å². The van der Waals surface area contributed by atoms with Gasteiger partial charge in [0.1, 0.15) is 17.9 Å². The third kappa shape index (κ3) is 4.10. The van der Waals surface area contributed by atoms with E-state index in [2.05, 4.69) is 45.8 Å². The maximum Gasteiger partial charge on any atom is 0.262 e. The number of hydrogen-bond donors (Lipinski definition) is 2. The largest absolute Gasteiger partial charge is 0.482 e. The quantitative estimate of drug-likeness (QED) is 0.476. The van der Waals surface area contributed by atoms with Gasteiger partial charge in [-0.05, 0) is 30.2 Å². The molecule has 2 N–H and O–H groups in total. The van der Waals surface area contributed by atoms with Crippen LogP contribution in [0.3, 0.4) is 0 Å². The number of nitrogens with one attached hydrogen (secondary N) is 2. The molecular formula is C24H25N7O2. The van der Waals surface area contributed by atoms with Crippen LogP contribution < -0.4 is 15.4 Å². The van der Waals surface area contributed by atoms with Crippen LogP contribution in [0.1, 0.15) is 17.0 Å². The van der Waals surface area contributed by atoms with E-state index in [-0.39, 0.29) is 12.5 Å². The van der Waals surface area contributed by atoms with Crippen molar-refractivity contribution in [2.24, 2.45) is 14.1 Å². The normalized spacial score (nSPS) is 12.9. The zero-order valence-electron chi connectivity index (χ0n) is 18.8. The molecule has 0 aliphatic carbocycles. The van der Waals surface area contributed by atoms with Gasteiger partial charge in [0.25, 0.3) is 5.91 Å². The Balaban J connectivity index is 1.39. The first-order valence-electron chi connectivity index (χ1n) is 10.7. The smallest absolute Gasteiger partial charge is 0.262 e. The summed E-state index contributed by atoms with van der Waals surface area (Å²) in [5.74, 6) is 1.42. The Kier molecular flexibility index (Phi) is 5.39. The Bertz CT molecular complexity index is 1340. The van der Waals surface area contributed by atoms with Gasteiger partial charge in [-0.3, -0.25) is 9.48 Å². The molecule has 2 aromatic heterocycles. The number of carbonyl (C=O) groups excluding carboxylic acids is 1. The number of imidazole rings is 1. The van der Waals surface area contributed by atoms with E-state index >= 15 is 0 Å². The van der Waals surface area contributed by atoms with E-state index in [4.69, 9.17) is 9.72 Å². The number of ether oxygens (including phenoxy) is 1. The monoisotopic (exact) mass is 443 g/mol. The number of anilines is 1. The SMILES string of the molecule is Cc1cc(CNCc2ncnn2C)ccc1-c1ncn(C)c1-c1ccc2c(c1)OCC(=O)N2. The standard InChI is InChI=1S/C24H25N7O2/c1-15-8-16(10-25-11-21-26-13-28-31(21)3)4-6-18(15)23-24(30(2)14-27-23)17-5-7-19-20(9-17)33-12-22(32)29-19/h4-9,13-14,25H,10-12H2,1-3H3,(H,29,32).